The van der Waals surface area contributed by atoms with E-state index in [1.807, 2.05) is 0 Å². The molecule has 3 aliphatic rings. The molecule has 2 atom stereocenters. The summed E-state index contributed by atoms with van der Waals surface area (Å²) in [4.78, 5) is 7.31. The van der Waals surface area contributed by atoms with E-state index in [4.69, 9.17) is 0 Å². The first kappa shape index (κ1) is 16.1. The van der Waals surface area contributed by atoms with Gasteiger partial charge in [0.05, 0.1) is 12.1 Å². The second-order valence-corrected chi connectivity index (χ2v) is 7.48. The fourth-order valence-corrected chi connectivity index (χ4v) is 4.01. The number of aliphatic hydroxyl groups is 1. The van der Waals surface area contributed by atoms with Crippen LogP contribution in [0.4, 0.5) is 0 Å². The van der Waals surface area contributed by atoms with Crippen molar-refractivity contribution in [3.8, 4) is 0 Å². The van der Waals surface area contributed by atoms with Crippen LogP contribution in [0.2, 0.25) is 0 Å². The molecule has 3 rings (SSSR count). The van der Waals surface area contributed by atoms with Crippen LogP contribution in [0.1, 0.15) is 58.8 Å². The first-order valence-corrected chi connectivity index (χ1v) is 9.12. The predicted molar refractivity (Wildman–Crippen MR) is 90.1 cm³/mol. The van der Waals surface area contributed by atoms with Crippen molar-refractivity contribution >= 4 is 5.96 Å². The molecule has 5 nitrogen and oxygen atoms in total. The number of likely N-dealkylation sites (tertiary alicyclic amines) is 1. The quantitative estimate of drug-likeness (QED) is 0.532. The third-order valence-electron chi connectivity index (χ3n) is 5.39. The highest BCUT2D eigenvalue weighted by Crippen LogP contribution is 2.33. The number of aliphatic imine (C=N–C) groups is 1. The molecule has 0 spiro atoms. The first-order chi connectivity index (χ1) is 10.6. The van der Waals surface area contributed by atoms with Crippen LogP contribution in [0.3, 0.4) is 0 Å². The van der Waals surface area contributed by atoms with Crippen molar-refractivity contribution in [2.45, 2.75) is 82.5 Å². The molecule has 2 aliphatic carbocycles. The van der Waals surface area contributed by atoms with Gasteiger partial charge in [-0.15, -0.1) is 0 Å². The Morgan fingerprint density at radius 3 is 2.68 bits per heavy atom. The minimum Gasteiger partial charge on any atom is -0.388 e. The van der Waals surface area contributed by atoms with Crippen molar-refractivity contribution in [3.63, 3.8) is 0 Å². The maximum Gasteiger partial charge on any atom is 0.191 e. The minimum atomic E-state index is -0.564. The summed E-state index contributed by atoms with van der Waals surface area (Å²) in [5.74, 6) is 0.873. The zero-order chi connectivity index (χ0) is 15.6. The molecule has 0 bridgehead atoms. The minimum absolute atomic E-state index is 0.478. The number of guanidine groups is 1. The zero-order valence-electron chi connectivity index (χ0n) is 14.1. The Hall–Kier alpha value is -0.810. The van der Waals surface area contributed by atoms with E-state index in [9.17, 15) is 5.11 Å². The Bertz CT molecular complexity index is 401. The first-order valence-electron chi connectivity index (χ1n) is 9.12. The molecule has 3 N–H and O–H groups in total. The maximum atomic E-state index is 10.5. The van der Waals surface area contributed by atoms with Crippen LogP contribution in [0, 0.1) is 0 Å². The molecular weight excluding hydrogens is 276 g/mol. The smallest absolute Gasteiger partial charge is 0.191 e. The van der Waals surface area contributed by atoms with Crippen LogP contribution in [0.15, 0.2) is 4.99 Å². The third-order valence-corrected chi connectivity index (χ3v) is 5.39. The van der Waals surface area contributed by atoms with Crippen LogP contribution < -0.4 is 10.6 Å². The third kappa shape index (κ3) is 3.93. The summed E-state index contributed by atoms with van der Waals surface area (Å²) in [5.41, 5.74) is -0.564. The highest BCUT2D eigenvalue weighted by Gasteiger charge is 2.39. The number of hydrogen-bond acceptors (Lipinski definition) is 3. The van der Waals surface area contributed by atoms with E-state index in [0.29, 0.717) is 18.6 Å². The van der Waals surface area contributed by atoms with Gasteiger partial charge in [-0.2, -0.15) is 0 Å². The largest absolute Gasteiger partial charge is 0.388 e. The van der Waals surface area contributed by atoms with Gasteiger partial charge in [0.15, 0.2) is 5.96 Å². The van der Waals surface area contributed by atoms with Crippen molar-refractivity contribution < 1.29 is 5.11 Å². The Balaban J connectivity index is 1.54. The lowest BCUT2D eigenvalue weighted by Gasteiger charge is -2.22. The molecule has 1 heterocycles. The Morgan fingerprint density at radius 1 is 1.32 bits per heavy atom. The molecule has 2 unspecified atom stereocenters. The second kappa shape index (κ2) is 6.75. The van der Waals surface area contributed by atoms with Crippen LogP contribution in [-0.4, -0.2) is 59.3 Å². The van der Waals surface area contributed by atoms with Gasteiger partial charge < -0.3 is 15.7 Å². The van der Waals surface area contributed by atoms with Gasteiger partial charge in [-0.1, -0.05) is 12.8 Å². The van der Waals surface area contributed by atoms with Crippen molar-refractivity contribution in [2.75, 3.05) is 19.6 Å². The molecule has 3 fully saturated rings. The van der Waals surface area contributed by atoms with Crippen LogP contribution in [-0.2, 0) is 0 Å². The zero-order valence-corrected chi connectivity index (χ0v) is 14.1. The molecule has 0 aromatic carbocycles. The molecule has 126 valence electrons. The predicted octanol–water partition coefficient (Wildman–Crippen LogP) is 1.47. The fraction of sp³-hybridized carbons (Fsp3) is 0.941. The van der Waals surface area contributed by atoms with E-state index in [1.165, 1.54) is 19.3 Å². The van der Waals surface area contributed by atoms with Gasteiger partial charge >= 0.3 is 0 Å². The Morgan fingerprint density at radius 2 is 2.05 bits per heavy atom. The summed E-state index contributed by atoms with van der Waals surface area (Å²) in [5, 5.41) is 17.4. The van der Waals surface area contributed by atoms with Crippen LogP contribution >= 0.6 is 0 Å². The molecule has 0 aromatic rings. The maximum absolute atomic E-state index is 10.5. The van der Waals surface area contributed by atoms with Crippen LogP contribution in [0.25, 0.3) is 0 Å². The SMILES string of the molecule is CCNC(=NCC1(O)CCCC1)NC1CC(C)N(C2CC2)C1. The molecule has 5 heteroatoms. The average Bonchev–Trinajstić information content (AvgIpc) is 3.14. The van der Waals surface area contributed by atoms with Gasteiger partial charge in [0.25, 0.3) is 0 Å². The monoisotopic (exact) mass is 308 g/mol. The topological polar surface area (TPSA) is 59.9 Å². The van der Waals surface area contributed by atoms with Crippen LogP contribution in [0.5, 0.6) is 0 Å². The fourth-order valence-electron chi connectivity index (χ4n) is 4.01. The van der Waals surface area contributed by atoms with Crippen molar-refractivity contribution in [1.82, 2.24) is 15.5 Å². The van der Waals surface area contributed by atoms with Crippen molar-refractivity contribution in [2.24, 2.45) is 4.99 Å². The Labute approximate surface area is 134 Å². The van der Waals surface area contributed by atoms with E-state index >= 15 is 0 Å². The van der Waals surface area contributed by atoms with E-state index in [2.05, 4.69) is 34.4 Å². The second-order valence-electron chi connectivity index (χ2n) is 7.48. The molecule has 0 aromatic heterocycles. The van der Waals surface area contributed by atoms with Crippen molar-refractivity contribution in [3.05, 3.63) is 0 Å². The summed E-state index contributed by atoms with van der Waals surface area (Å²) in [7, 11) is 0. The molecule has 2 saturated carbocycles. The lowest BCUT2D eigenvalue weighted by Crippen LogP contribution is -2.45. The summed E-state index contributed by atoms with van der Waals surface area (Å²) in [6.07, 6.45) is 7.98. The Kier molecular flexibility index (Phi) is 4.93. The van der Waals surface area contributed by atoms with Gasteiger partial charge in [0.1, 0.15) is 0 Å². The highest BCUT2D eigenvalue weighted by molar-refractivity contribution is 5.80. The lowest BCUT2D eigenvalue weighted by atomic mass is 10.0. The van der Waals surface area contributed by atoms with E-state index in [1.54, 1.807) is 0 Å². The van der Waals surface area contributed by atoms with Gasteiger partial charge in [0.2, 0.25) is 0 Å². The number of rotatable bonds is 5. The molecule has 0 radical (unpaired) electrons. The number of nitrogens with one attached hydrogen (secondary N) is 2. The van der Waals surface area contributed by atoms with Gasteiger partial charge in [-0.25, -0.2) is 0 Å². The lowest BCUT2D eigenvalue weighted by molar-refractivity contribution is 0.0574. The molecular formula is C17H32N4O. The normalized spacial score (nSPS) is 32.4. The van der Waals surface area contributed by atoms with E-state index < -0.39 is 5.60 Å². The molecule has 1 saturated heterocycles. The number of nitrogens with zero attached hydrogens (tertiary/aromatic N) is 2. The summed E-state index contributed by atoms with van der Waals surface area (Å²) >= 11 is 0. The molecule has 1 aliphatic heterocycles. The van der Waals surface area contributed by atoms with Gasteiger partial charge in [-0.05, 0) is 46.0 Å². The van der Waals surface area contributed by atoms with E-state index in [-0.39, 0.29) is 0 Å². The standard InChI is InChI=1S/C17H32N4O/c1-3-18-16(19-12-17(22)8-4-5-9-17)20-14-10-13(2)21(11-14)15-6-7-15/h13-15,22H,3-12H2,1-2H3,(H2,18,19,20). The summed E-state index contributed by atoms with van der Waals surface area (Å²) in [6, 6.07) is 1.99. The van der Waals surface area contributed by atoms with Crippen molar-refractivity contribution in [1.29, 1.82) is 0 Å². The van der Waals surface area contributed by atoms with E-state index in [0.717, 1.165) is 50.8 Å². The number of hydrogen-bond donors (Lipinski definition) is 3. The van der Waals surface area contributed by atoms with Gasteiger partial charge in [-0.3, -0.25) is 9.89 Å². The molecule has 22 heavy (non-hydrogen) atoms. The molecule has 0 amide bonds. The highest BCUT2D eigenvalue weighted by atomic mass is 16.3. The average molecular weight is 308 g/mol. The summed E-state index contributed by atoms with van der Waals surface area (Å²) < 4.78 is 0. The van der Waals surface area contributed by atoms with Gasteiger partial charge in [0, 0.05) is 31.2 Å². The summed E-state index contributed by atoms with van der Waals surface area (Å²) in [6.45, 7) is 6.94.